The number of aliphatic carboxylic acids is 1. The zero-order valence-corrected chi connectivity index (χ0v) is 10.1. The fourth-order valence-corrected chi connectivity index (χ4v) is 1.99. The van der Waals surface area contributed by atoms with Gasteiger partial charge in [0.2, 0.25) is 11.8 Å². The summed E-state index contributed by atoms with van der Waals surface area (Å²) in [5, 5.41) is 13.6. The Kier molecular flexibility index (Phi) is 3.79. The summed E-state index contributed by atoms with van der Waals surface area (Å²) in [7, 11) is 0. The van der Waals surface area contributed by atoms with Crippen molar-refractivity contribution in [2.24, 2.45) is 0 Å². The molecule has 1 aliphatic rings. The van der Waals surface area contributed by atoms with Crippen molar-refractivity contribution in [2.45, 2.75) is 24.9 Å². The van der Waals surface area contributed by atoms with Gasteiger partial charge >= 0.3 is 5.97 Å². The monoisotopic (exact) mass is 262 g/mol. The second-order valence-electron chi connectivity index (χ2n) is 4.41. The third kappa shape index (κ3) is 3.31. The van der Waals surface area contributed by atoms with Gasteiger partial charge in [0.05, 0.1) is 6.42 Å². The Morgan fingerprint density at radius 3 is 2.26 bits per heavy atom. The Morgan fingerprint density at radius 1 is 1.05 bits per heavy atom. The average Bonchev–Trinajstić information content (AvgIpc) is 2.36. The zero-order chi connectivity index (χ0) is 13.8. The fourth-order valence-electron chi connectivity index (χ4n) is 1.99. The summed E-state index contributed by atoms with van der Waals surface area (Å²) < 4.78 is 0. The molecule has 2 atom stereocenters. The molecule has 0 saturated carbocycles. The second-order valence-corrected chi connectivity index (χ2v) is 4.41. The Bertz CT molecular complexity index is 501. The van der Waals surface area contributed by atoms with E-state index in [1.807, 2.05) is 30.3 Å². The van der Waals surface area contributed by atoms with Gasteiger partial charge in [-0.15, -0.1) is 0 Å². The van der Waals surface area contributed by atoms with Crippen molar-refractivity contribution in [1.82, 2.24) is 10.6 Å². The molecule has 1 saturated heterocycles. The first-order valence-corrected chi connectivity index (χ1v) is 5.92. The largest absolute Gasteiger partial charge is 0.481 e. The maximum absolute atomic E-state index is 11.8. The first-order chi connectivity index (χ1) is 9.06. The highest BCUT2D eigenvalue weighted by Crippen LogP contribution is 2.08. The highest BCUT2D eigenvalue weighted by atomic mass is 16.4. The van der Waals surface area contributed by atoms with Crippen LogP contribution in [0.1, 0.15) is 12.0 Å². The quantitative estimate of drug-likeness (QED) is 0.693. The summed E-state index contributed by atoms with van der Waals surface area (Å²) >= 11 is 0. The van der Waals surface area contributed by atoms with E-state index in [0.717, 1.165) is 5.56 Å². The van der Waals surface area contributed by atoms with E-state index in [0.29, 0.717) is 6.42 Å². The highest BCUT2D eigenvalue weighted by molar-refractivity contribution is 5.98. The smallest absolute Gasteiger partial charge is 0.305 e. The summed E-state index contributed by atoms with van der Waals surface area (Å²) in [5.74, 6) is -1.93. The molecule has 0 aromatic heterocycles. The van der Waals surface area contributed by atoms with Crippen LogP contribution in [0.2, 0.25) is 0 Å². The van der Waals surface area contributed by atoms with E-state index in [-0.39, 0.29) is 5.91 Å². The average molecular weight is 262 g/mol. The standard InChI is InChI=1S/C13H14N2O4/c16-11(17)7-10-13(19)14-9(12(18)15-10)6-8-4-2-1-3-5-8/h1-5,9-10H,6-7H2,(H,14,19)(H,15,18)(H,16,17)/t9-,10+/m1/s1. The van der Waals surface area contributed by atoms with Crippen molar-refractivity contribution in [1.29, 1.82) is 0 Å². The molecule has 0 radical (unpaired) electrons. The lowest BCUT2D eigenvalue weighted by Gasteiger charge is -2.28. The van der Waals surface area contributed by atoms with E-state index in [4.69, 9.17) is 5.11 Å². The fraction of sp³-hybridized carbons (Fsp3) is 0.308. The van der Waals surface area contributed by atoms with E-state index < -0.39 is 30.4 Å². The third-order valence-electron chi connectivity index (χ3n) is 2.93. The molecular formula is C13H14N2O4. The topological polar surface area (TPSA) is 95.5 Å². The van der Waals surface area contributed by atoms with Crippen LogP contribution in [0, 0.1) is 0 Å². The molecule has 0 bridgehead atoms. The van der Waals surface area contributed by atoms with E-state index >= 15 is 0 Å². The SMILES string of the molecule is O=C(O)C[C@@H]1NC(=O)[C@@H](Cc2ccccc2)NC1=O. The summed E-state index contributed by atoms with van der Waals surface area (Å²) in [5.41, 5.74) is 0.930. The van der Waals surface area contributed by atoms with Gasteiger partial charge in [-0.05, 0) is 5.56 Å². The molecule has 6 heteroatoms. The van der Waals surface area contributed by atoms with Crippen LogP contribution in [0.15, 0.2) is 30.3 Å². The highest BCUT2D eigenvalue weighted by Gasteiger charge is 2.34. The number of hydrogen-bond acceptors (Lipinski definition) is 3. The van der Waals surface area contributed by atoms with Gasteiger partial charge in [0, 0.05) is 6.42 Å². The molecule has 0 aliphatic carbocycles. The minimum absolute atomic E-state index is 0.352. The van der Waals surface area contributed by atoms with Gasteiger partial charge in [-0.1, -0.05) is 30.3 Å². The predicted octanol–water partition coefficient (Wildman–Crippen LogP) is -0.313. The number of nitrogens with one attached hydrogen (secondary N) is 2. The minimum Gasteiger partial charge on any atom is -0.481 e. The van der Waals surface area contributed by atoms with Gasteiger partial charge in [-0.2, -0.15) is 0 Å². The Balaban J connectivity index is 2.00. The lowest BCUT2D eigenvalue weighted by molar-refractivity contribution is -0.143. The number of carboxylic acids is 1. The van der Waals surface area contributed by atoms with E-state index in [1.165, 1.54) is 0 Å². The third-order valence-corrected chi connectivity index (χ3v) is 2.93. The Labute approximate surface area is 109 Å². The summed E-state index contributed by atoms with van der Waals surface area (Å²) in [6, 6.07) is 7.66. The molecular weight excluding hydrogens is 248 g/mol. The van der Waals surface area contributed by atoms with Crippen LogP contribution >= 0.6 is 0 Å². The number of carbonyl (C=O) groups is 3. The van der Waals surface area contributed by atoms with Crippen molar-refractivity contribution in [3.05, 3.63) is 35.9 Å². The van der Waals surface area contributed by atoms with Gasteiger partial charge in [0.1, 0.15) is 12.1 Å². The number of amides is 2. The first-order valence-electron chi connectivity index (χ1n) is 5.92. The maximum atomic E-state index is 11.8. The number of hydrogen-bond donors (Lipinski definition) is 3. The molecule has 0 unspecified atom stereocenters. The van der Waals surface area contributed by atoms with Crippen LogP contribution < -0.4 is 10.6 Å². The van der Waals surface area contributed by atoms with Gasteiger partial charge in [-0.25, -0.2) is 0 Å². The van der Waals surface area contributed by atoms with Crippen molar-refractivity contribution < 1.29 is 19.5 Å². The van der Waals surface area contributed by atoms with Gasteiger partial charge < -0.3 is 15.7 Å². The van der Waals surface area contributed by atoms with Crippen molar-refractivity contribution in [3.8, 4) is 0 Å². The van der Waals surface area contributed by atoms with Crippen LogP contribution in [0.5, 0.6) is 0 Å². The molecule has 1 heterocycles. The second kappa shape index (κ2) is 5.51. The van der Waals surface area contributed by atoms with Gasteiger partial charge in [0.15, 0.2) is 0 Å². The van der Waals surface area contributed by atoms with Crippen LogP contribution in [-0.4, -0.2) is 35.0 Å². The zero-order valence-electron chi connectivity index (χ0n) is 10.1. The normalized spacial score (nSPS) is 22.5. The number of rotatable bonds is 4. The van der Waals surface area contributed by atoms with E-state index in [9.17, 15) is 14.4 Å². The van der Waals surface area contributed by atoms with Crippen LogP contribution in [0.4, 0.5) is 0 Å². The summed E-state index contributed by atoms with van der Waals surface area (Å²) in [6.07, 6.45) is -0.0200. The molecule has 0 spiro atoms. The van der Waals surface area contributed by atoms with E-state index in [2.05, 4.69) is 10.6 Å². The molecule has 1 fully saturated rings. The summed E-state index contributed by atoms with van der Waals surface area (Å²) in [4.78, 5) is 34.1. The molecule has 100 valence electrons. The molecule has 1 aromatic rings. The van der Waals surface area contributed by atoms with Crippen molar-refractivity contribution in [2.75, 3.05) is 0 Å². The first kappa shape index (κ1) is 13.1. The number of benzene rings is 1. The Morgan fingerprint density at radius 2 is 1.63 bits per heavy atom. The lowest BCUT2D eigenvalue weighted by atomic mass is 10.0. The summed E-state index contributed by atoms with van der Waals surface area (Å²) in [6.45, 7) is 0. The predicted molar refractivity (Wildman–Crippen MR) is 66.3 cm³/mol. The van der Waals surface area contributed by atoms with Gasteiger partial charge in [-0.3, -0.25) is 14.4 Å². The molecule has 2 rings (SSSR count). The number of piperazine rings is 1. The van der Waals surface area contributed by atoms with Crippen LogP contribution in [0.3, 0.4) is 0 Å². The van der Waals surface area contributed by atoms with E-state index in [1.54, 1.807) is 0 Å². The van der Waals surface area contributed by atoms with Gasteiger partial charge in [0.25, 0.3) is 0 Å². The van der Waals surface area contributed by atoms with Crippen molar-refractivity contribution in [3.63, 3.8) is 0 Å². The molecule has 2 amide bonds. The van der Waals surface area contributed by atoms with Crippen molar-refractivity contribution >= 4 is 17.8 Å². The molecule has 1 aromatic carbocycles. The van der Waals surface area contributed by atoms with Crippen LogP contribution in [-0.2, 0) is 20.8 Å². The Hall–Kier alpha value is -2.37. The number of carbonyl (C=O) groups excluding carboxylic acids is 2. The van der Waals surface area contributed by atoms with Crippen LogP contribution in [0.25, 0.3) is 0 Å². The molecule has 6 nitrogen and oxygen atoms in total. The maximum Gasteiger partial charge on any atom is 0.305 e. The molecule has 19 heavy (non-hydrogen) atoms. The number of carboxylic acid groups (broad SMARTS) is 1. The lowest BCUT2D eigenvalue weighted by Crippen LogP contribution is -2.62. The molecule has 3 N–H and O–H groups in total. The molecule has 1 aliphatic heterocycles. The minimum atomic E-state index is -1.12.